The maximum Gasteiger partial charge on any atom is 0.277 e. The first-order chi connectivity index (χ1) is 10.1. The van der Waals surface area contributed by atoms with Crippen LogP contribution >= 0.6 is 11.6 Å². The van der Waals surface area contributed by atoms with Crippen molar-refractivity contribution in [2.24, 2.45) is 5.10 Å². The standard InChI is InChI=1S/C15H15ClN2O3/c1-10-8-12(5-6-13(10)16)21-9-15(19)18-17-11(2)14-4-3-7-20-14/h3-8H,9H2,1-2H3,(H,18,19). The summed E-state index contributed by atoms with van der Waals surface area (Å²) in [5, 5.41) is 4.59. The summed E-state index contributed by atoms with van der Waals surface area (Å²) in [6.45, 7) is 3.48. The lowest BCUT2D eigenvalue weighted by Gasteiger charge is -2.07. The van der Waals surface area contributed by atoms with Crippen molar-refractivity contribution in [2.45, 2.75) is 13.8 Å². The van der Waals surface area contributed by atoms with Gasteiger partial charge >= 0.3 is 0 Å². The van der Waals surface area contributed by atoms with Gasteiger partial charge in [0.15, 0.2) is 6.61 Å². The molecule has 1 amide bonds. The number of nitrogens with zero attached hydrogens (tertiary/aromatic N) is 1. The number of furan rings is 1. The largest absolute Gasteiger partial charge is 0.484 e. The summed E-state index contributed by atoms with van der Waals surface area (Å²) in [4.78, 5) is 11.6. The highest BCUT2D eigenvalue weighted by Gasteiger charge is 2.05. The van der Waals surface area contributed by atoms with E-state index < -0.39 is 0 Å². The van der Waals surface area contributed by atoms with Gasteiger partial charge in [0.25, 0.3) is 5.91 Å². The van der Waals surface area contributed by atoms with Crippen LogP contribution in [0, 0.1) is 6.92 Å². The predicted molar refractivity (Wildman–Crippen MR) is 80.7 cm³/mol. The van der Waals surface area contributed by atoms with Crippen molar-refractivity contribution >= 4 is 23.2 Å². The van der Waals surface area contributed by atoms with Crippen molar-refractivity contribution in [2.75, 3.05) is 6.61 Å². The molecule has 1 aromatic heterocycles. The number of hydrazone groups is 1. The first-order valence-electron chi connectivity index (χ1n) is 6.32. The average Bonchev–Trinajstić information content (AvgIpc) is 3.00. The summed E-state index contributed by atoms with van der Waals surface area (Å²) in [7, 11) is 0. The van der Waals surface area contributed by atoms with Crippen LogP contribution in [0.4, 0.5) is 0 Å². The number of carbonyl (C=O) groups is 1. The normalized spacial score (nSPS) is 11.3. The van der Waals surface area contributed by atoms with E-state index >= 15 is 0 Å². The fourth-order valence-electron chi connectivity index (χ4n) is 1.57. The minimum absolute atomic E-state index is 0.129. The molecule has 2 rings (SSSR count). The maximum absolute atomic E-state index is 11.6. The average molecular weight is 307 g/mol. The molecule has 1 aromatic carbocycles. The van der Waals surface area contributed by atoms with Crippen molar-refractivity contribution in [1.29, 1.82) is 0 Å². The molecule has 0 bridgehead atoms. The molecular weight excluding hydrogens is 292 g/mol. The summed E-state index contributed by atoms with van der Waals surface area (Å²) in [5.74, 6) is 0.830. The van der Waals surface area contributed by atoms with Crippen LogP contribution in [0.15, 0.2) is 46.1 Å². The van der Waals surface area contributed by atoms with Gasteiger partial charge in [0, 0.05) is 5.02 Å². The van der Waals surface area contributed by atoms with Gasteiger partial charge in [-0.3, -0.25) is 4.79 Å². The molecule has 0 radical (unpaired) electrons. The van der Waals surface area contributed by atoms with Gasteiger partial charge in [-0.1, -0.05) is 11.6 Å². The zero-order valence-corrected chi connectivity index (χ0v) is 12.5. The zero-order valence-electron chi connectivity index (χ0n) is 11.7. The molecule has 6 heteroatoms. The molecule has 0 spiro atoms. The van der Waals surface area contributed by atoms with Crippen molar-refractivity contribution in [3.05, 3.63) is 52.9 Å². The molecule has 0 aliphatic heterocycles. The van der Waals surface area contributed by atoms with E-state index in [9.17, 15) is 4.79 Å². The molecule has 21 heavy (non-hydrogen) atoms. The van der Waals surface area contributed by atoms with Gasteiger partial charge in [-0.15, -0.1) is 0 Å². The molecule has 0 saturated heterocycles. The van der Waals surface area contributed by atoms with Crippen LogP contribution < -0.4 is 10.2 Å². The Morgan fingerprint density at radius 2 is 2.24 bits per heavy atom. The van der Waals surface area contributed by atoms with E-state index in [4.69, 9.17) is 20.8 Å². The fourth-order valence-corrected chi connectivity index (χ4v) is 1.69. The molecular formula is C15H15ClN2O3. The summed E-state index contributed by atoms with van der Waals surface area (Å²) >= 11 is 5.92. The van der Waals surface area contributed by atoms with E-state index in [0.717, 1.165) is 5.56 Å². The molecule has 1 heterocycles. The minimum atomic E-state index is -0.353. The van der Waals surface area contributed by atoms with Crippen LogP contribution in [0.2, 0.25) is 5.02 Å². The van der Waals surface area contributed by atoms with Gasteiger partial charge < -0.3 is 9.15 Å². The van der Waals surface area contributed by atoms with E-state index in [1.54, 1.807) is 43.5 Å². The quantitative estimate of drug-likeness (QED) is 0.681. The second-order valence-electron chi connectivity index (χ2n) is 4.41. The lowest BCUT2D eigenvalue weighted by atomic mass is 10.2. The number of carbonyl (C=O) groups excluding carboxylic acids is 1. The van der Waals surface area contributed by atoms with Gasteiger partial charge in [-0.05, 0) is 49.7 Å². The minimum Gasteiger partial charge on any atom is -0.484 e. The molecule has 0 saturated carbocycles. The molecule has 1 N–H and O–H groups in total. The Labute approximate surface area is 127 Å². The van der Waals surface area contributed by atoms with Gasteiger partial charge in [-0.25, -0.2) is 5.43 Å². The Bertz CT molecular complexity index is 651. The third kappa shape index (κ3) is 4.36. The topological polar surface area (TPSA) is 63.8 Å². The molecule has 2 aromatic rings. The number of hydrogen-bond acceptors (Lipinski definition) is 4. The third-order valence-corrected chi connectivity index (χ3v) is 3.15. The van der Waals surface area contributed by atoms with Crippen LogP contribution in [-0.2, 0) is 4.79 Å². The zero-order chi connectivity index (χ0) is 15.2. The molecule has 0 unspecified atom stereocenters. The van der Waals surface area contributed by atoms with E-state index in [0.29, 0.717) is 22.2 Å². The number of amides is 1. The van der Waals surface area contributed by atoms with Gasteiger partial charge in [-0.2, -0.15) is 5.10 Å². The lowest BCUT2D eigenvalue weighted by Crippen LogP contribution is -2.25. The number of nitrogens with one attached hydrogen (secondary N) is 1. The van der Waals surface area contributed by atoms with Crippen molar-refractivity contribution < 1.29 is 13.9 Å². The fraction of sp³-hybridized carbons (Fsp3) is 0.200. The number of ether oxygens (including phenoxy) is 1. The summed E-state index contributed by atoms with van der Waals surface area (Å²) in [6.07, 6.45) is 1.54. The summed E-state index contributed by atoms with van der Waals surface area (Å²) < 4.78 is 10.5. The molecule has 0 aliphatic carbocycles. The summed E-state index contributed by atoms with van der Waals surface area (Å²) in [5.41, 5.74) is 3.87. The second kappa shape index (κ2) is 6.95. The van der Waals surface area contributed by atoms with Gasteiger partial charge in [0.2, 0.25) is 0 Å². The summed E-state index contributed by atoms with van der Waals surface area (Å²) in [6, 6.07) is 8.72. The van der Waals surface area contributed by atoms with Crippen LogP contribution in [0.3, 0.4) is 0 Å². The van der Waals surface area contributed by atoms with E-state index in [1.165, 1.54) is 0 Å². The van der Waals surface area contributed by atoms with Gasteiger partial charge in [0.1, 0.15) is 17.2 Å². The van der Waals surface area contributed by atoms with Gasteiger partial charge in [0.05, 0.1) is 6.26 Å². The molecule has 0 atom stereocenters. The monoisotopic (exact) mass is 306 g/mol. The highest BCUT2D eigenvalue weighted by atomic mass is 35.5. The third-order valence-electron chi connectivity index (χ3n) is 2.73. The predicted octanol–water partition coefficient (Wildman–Crippen LogP) is 3.16. The van der Waals surface area contributed by atoms with Crippen LogP contribution in [-0.4, -0.2) is 18.2 Å². The Kier molecular flexibility index (Phi) is 5.00. The second-order valence-corrected chi connectivity index (χ2v) is 4.82. The Morgan fingerprint density at radius 3 is 2.90 bits per heavy atom. The van der Waals surface area contributed by atoms with Crippen LogP contribution in [0.5, 0.6) is 5.75 Å². The molecule has 110 valence electrons. The first kappa shape index (κ1) is 15.1. The van der Waals surface area contributed by atoms with Crippen LogP contribution in [0.1, 0.15) is 18.2 Å². The van der Waals surface area contributed by atoms with E-state index in [2.05, 4.69) is 10.5 Å². The highest BCUT2D eigenvalue weighted by molar-refractivity contribution is 6.31. The SMILES string of the molecule is CC(=NNC(=O)COc1ccc(Cl)c(C)c1)c1ccco1. The van der Waals surface area contributed by atoms with E-state index in [1.807, 2.05) is 6.92 Å². The number of halogens is 1. The van der Waals surface area contributed by atoms with Crippen molar-refractivity contribution in [3.8, 4) is 5.75 Å². The molecule has 5 nitrogen and oxygen atoms in total. The molecule has 0 aliphatic rings. The Morgan fingerprint density at radius 1 is 1.43 bits per heavy atom. The smallest absolute Gasteiger partial charge is 0.277 e. The maximum atomic E-state index is 11.6. The molecule has 0 fully saturated rings. The lowest BCUT2D eigenvalue weighted by molar-refractivity contribution is -0.123. The Hall–Kier alpha value is -2.27. The van der Waals surface area contributed by atoms with E-state index in [-0.39, 0.29) is 12.5 Å². The highest BCUT2D eigenvalue weighted by Crippen LogP contribution is 2.20. The first-order valence-corrected chi connectivity index (χ1v) is 6.70. The number of aryl methyl sites for hydroxylation is 1. The Balaban J connectivity index is 1.85. The number of benzene rings is 1. The number of rotatable bonds is 5. The van der Waals surface area contributed by atoms with Crippen molar-refractivity contribution in [1.82, 2.24) is 5.43 Å². The van der Waals surface area contributed by atoms with Crippen molar-refractivity contribution in [3.63, 3.8) is 0 Å². The number of hydrogen-bond donors (Lipinski definition) is 1. The van der Waals surface area contributed by atoms with Crippen LogP contribution in [0.25, 0.3) is 0 Å².